The summed E-state index contributed by atoms with van der Waals surface area (Å²) in [5.41, 5.74) is 6.67. The minimum absolute atomic E-state index is 0.0212. The fourth-order valence-corrected chi connectivity index (χ4v) is 3.57. The zero-order valence-electron chi connectivity index (χ0n) is 11.0. The second-order valence-electron chi connectivity index (χ2n) is 4.41. The highest BCUT2D eigenvalue weighted by Crippen LogP contribution is 2.18. The molecule has 3 N–H and O–H groups in total. The van der Waals surface area contributed by atoms with Crippen LogP contribution in [0.4, 0.5) is 4.39 Å². The van der Waals surface area contributed by atoms with Crippen molar-refractivity contribution in [2.75, 3.05) is 0 Å². The topological polar surface area (TPSA) is 72.2 Å². The van der Waals surface area contributed by atoms with E-state index in [1.54, 1.807) is 18.2 Å². The van der Waals surface area contributed by atoms with E-state index in [4.69, 9.17) is 5.73 Å². The molecule has 2 rings (SSSR count). The molecular weight excluding hydrogens is 359 g/mol. The molecule has 0 aromatic heterocycles. The van der Waals surface area contributed by atoms with Crippen LogP contribution in [0.25, 0.3) is 0 Å². The smallest absolute Gasteiger partial charge is 0.241 e. The first-order valence-corrected chi connectivity index (χ1v) is 8.42. The van der Waals surface area contributed by atoms with Crippen molar-refractivity contribution >= 4 is 26.0 Å². The quantitative estimate of drug-likeness (QED) is 0.846. The molecule has 0 saturated carbocycles. The summed E-state index contributed by atoms with van der Waals surface area (Å²) in [7, 11) is -3.82. The van der Waals surface area contributed by atoms with Crippen LogP contribution < -0.4 is 10.5 Å². The van der Waals surface area contributed by atoms with Gasteiger partial charge in [0, 0.05) is 17.6 Å². The van der Waals surface area contributed by atoms with Gasteiger partial charge < -0.3 is 5.73 Å². The largest absolute Gasteiger partial charge is 0.326 e. The summed E-state index contributed by atoms with van der Waals surface area (Å²) in [6.07, 6.45) is 0. The monoisotopic (exact) mass is 372 g/mol. The van der Waals surface area contributed by atoms with Crippen LogP contribution >= 0.6 is 15.9 Å². The van der Waals surface area contributed by atoms with E-state index in [9.17, 15) is 12.8 Å². The Labute approximate surface area is 131 Å². The highest BCUT2D eigenvalue weighted by molar-refractivity contribution is 9.10. The molecule has 7 heteroatoms. The summed E-state index contributed by atoms with van der Waals surface area (Å²) in [6.45, 7) is 0.135. The molecule has 2 aromatic rings. The molecule has 21 heavy (non-hydrogen) atoms. The standard InChI is InChI=1S/C14H14BrFN2O2S/c15-12-3-1-2-10(6-12)9-18-21(19,20)14-7-13(16)5-4-11(14)8-17/h1-7,18H,8-9,17H2. The minimum Gasteiger partial charge on any atom is -0.326 e. The highest BCUT2D eigenvalue weighted by Gasteiger charge is 2.18. The molecule has 4 nitrogen and oxygen atoms in total. The van der Waals surface area contributed by atoms with E-state index in [1.807, 2.05) is 6.07 Å². The molecule has 0 bridgehead atoms. The van der Waals surface area contributed by atoms with Crippen LogP contribution in [0, 0.1) is 5.82 Å². The summed E-state index contributed by atoms with van der Waals surface area (Å²) in [5.74, 6) is -0.616. The Morgan fingerprint density at radius 2 is 1.95 bits per heavy atom. The van der Waals surface area contributed by atoms with Crippen molar-refractivity contribution in [3.8, 4) is 0 Å². The van der Waals surface area contributed by atoms with Crippen LogP contribution in [0.2, 0.25) is 0 Å². The molecule has 0 unspecified atom stereocenters. The van der Waals surface area contributed by atoms with Crippen molar-refractivity contribution in [2.24, 2.45) is 5.73 Å². The molecular formula is C14H14BrFN2O2S. The Morgan fingerprint density at radius 3 is 2.62 bits per heavy atom. The van der Waals surface area contributed by atoms with Gasteiger partial charge in [-0.3, -0.25) is 0 Å². The molecule has 0 saturated heterocycles. The molecule has 0 aliphatic carbocycles. The fourth-order valence-electron chi connectivity index (χ4n) is 1.85. The van der Waals surface area contributed by atoms with Gasteiger partial charge in [0.05, 0.1) is 4.90 Å². The van der Waals surface area contributed by atoms with Gasteiger partial charge in [-0.1, -0.05) is 34.1 Å². The molecule has 0 aliphatic heterocycles. The molecule has 0 heterocycles. The van der Waals surface area contributed by atoms with Gasteiger partial charge in [0.1, 0.15) is 5.82 Å². The predicted molar refractivity (Wildman–Crippen MR) is 82.5 cm³/mol. The van der Waals surface area contributed by atoms with Crippen molar-refractivity contribution < 1.29 is 12.8 Å². The second kappa shape index (κ2) is 6.65. The number of rotatable bonds is 5. The Morgan fingerprint density at radius 1 is 1.19 bits per heavy atom. The highest BCUT2D eigenvalue weighted by atomic mass is 79.9. The van der Waals surface area contributed by atoms with Crippen molar-refractivity contribution in [3.05, 3.63) is 63.9 Å². The van der Waals surface area contributed by atoms with Crippen LogP contribution in [0.1, 0.15) is 11.1 Å². The van der Waals surface area contributed by atoms with Crippen LogP contribution in [0.15, 0.2) is 51.8 Å². The summed E-state index contributed by atoms with van der Waals surface area (Å²) < 4.78 is 41.1. The lowest BCUT2D eigenvalue weighted by Crippen LogP contribution is -2.25. The molecule has 112 valence electrons. The molecule has 2 aromatic carbocycles. The van der Waals surface area contributed by atoms with Crippen LogP contribution in [-0.2, 0) is 23.1 Å². The van der Waals surface area contributed by atoms with Crippen LogP contribution in [0.3, 0.4) is 0 Å². The van der Waals surface area contributed by atoms with Gasteiger partial charge >= 0.3 is 0 Å². The number of nitrogens with two attached hydrogens (primary N) is 1. The maximum Gasteiger partial charge on any atom is 0.241 e. The van der Waals surface area contributed by atoms with E-state index < -0.39 is 15.8 Å². The molecule has 0 spiro atoms. The van der Waals surface area contributed by atoms with Gasteiger partial charge in [-0.05, 0) is 35.4 Å². The van der Waals surface area contributed by atoms with Crippen LogP contribution in [0.5, 0.6) is 0 Å². The summed E-state index contributed by atoms with van der Waals surface area (Å²) in [5, 5.41) is 0. The van der Waals surface area contributed by atoms with Gasteiger partial charge in [-0.15, -0.1) is 0 Å². The first-order chi connectivity index (χ1) is 9.92. The van der Waals surface area contributed by atoms with E-state index in [2.05, 4.69) is 20.7 Å². The normalized spacial score (nSPS) is 11.6. The van der Waals surface area contributed by atoms with E-state index in [0.29, 0.717) is 5.56 Å². The van der Waals surface area contributed by atoms with Gasteiger partial charge in [0.15, 0.2) is 0 Å². The Balaban J connectivity index is 2.24. The number of benzene rings is 2. The third-order valence-corrected chi connectivity index (χ3v) is 4.87. The SMILES string of the molecule is NCc1ccc(F)cc1S(=O)(=O)NCc1cccc(Br)c1. The fraction of sp³-hybridized carbons (Fsp3) is 0.143. The number of nitrogens with one attached hydrogen (secondary N) is 1. The summed E-state index contributed by atoms with van der Waals surface area (Å²) in [6, 6.07) is 10.8. The third-order valence-electron chi connectivity index (χ3n) is 2.89. The first kappa shape index (κ1) is 16.1. The first-order valence-electron chi connectivity index (χ1n) is 6.15. The minimum atomic E-state index is -3.82. The number of halogens is 2. The van der Waals surface area contributed by atoms with E-state index in [0.717, 1.165) is 16.1 Å². The van der Waals surface area contributed by atoms with Crippen molar-refractivity contribution in [2.45, 2.75) is 18.0 Å². The summed E-state index contributed by atoms with van der Waals surface area (Å²) >= 11 is 3.32. The zero-order valence-corrected chi connectivity index (χ0v) is 13.4. The summed E-state index contributed by atoms with van der Waals surface area (Å²) in [4.78, 5) is -0.125. The van der Waals surface area contributed by atoms with E-state index in [1.165, 1.54) is 12.1 Å². The number of hydrogen-bond acceptors (Lipinski definition) is 3. The Kier molecular flexibility index (Phi) is 5.10. The molecule has 0 atom stereocenters. The third kappa shape index (κ3) is 4.10. The van der Waals surface area contributed by atoms with Gasteiger partial charge in [0.2, 0.25) is 10.0 Å². The van der Waals surface area contributed by atoms with Crippen molar-refractivity contribution in [3.63, 3.8) is 0 Å². The van der Waals surface area contributed by atoms with E-state index in [-0.39, 0.29) is 18.0 Å². The lowest BCUT2D eigenvalue weighted by Gasteiger charge is -2.11. The molecule has 0 aliphatic rings. The lowest BCUT2D eigenvalue weighted by molar-refractivity contribution is 0.575. The zero-order chi connectivity index (χ0) is 15.5. The van der Waals surface area contributed by atoms with Crippen molar-refractivity contribution in [1.29, 1.82) is 0 Å². The maximum atomic E-state index is 13.3. The average Bonchev–Trinajstić information content (AvgIpc) is 2.45. The second-order valence-corrected chi connectivity index (χ2v) is 7.06. The Hall–Kier alpha value is -1.28. The van der Waals surface area contributed by atoms with Crippen LogP contribution in [-0.4, -0.2) is 8.42 Å². The molecule has 0 radical (unpaired) electrons. The lowest BCUT2D eigenvalue weighted by atomic mass is 10.2. The maximum absolute atomic E-state index is 13.3. The number of hydrogen-bond donors (Lipinski definition) is 2. The average molecular weight is 373 g/mol. The molecule has 0 fully saturated rings. The van der Waals surface area contributed by atoms with Gasteiger partial charge in [0.25, 0.3) is 0 Å². The Bertz CT molecular complexity index is 750. The van der Waals surface area contributed by atoms with Gasteiger partial charge in [-0.25, -0.2) is 17.5 Å². The van der Waals surface area contributed by atoms with Gasteiger partial charge in [-0.2, -0.15) is 0 Å². The predicted octanol–water partition coefficient (Wildman–Crippen LogP) is 2.53. The number of sulfonamides is 1. The van der Waals surface area contributed by atoms with Crippen molar-refractivity contribution in [1.82, 2.24) is 4.72 Å². The van der Waals surface area contributed by atoms with E-state index >= 15 is 0 Å². The molecule has 0 amide bonds.